The molecule has 2 rings (SSSR count). The van der Waals surface area contributed by atoms with Crippen molar-refractivity contribution in [2.45, 2.75) is 19.4 Å². The summed E-state index contributed by atoms with van der Waals surface area (Å²) in [5, 5.41) is 2.73. The first-order chi connectivity index (χ1) is 9.11. The Kier molecular flexibility index (Phi) is 4.61. The molecule has 1 atom stereocenters. The van der Waals surface area contributed by atoms with Crippen molar-refractivity contribution in [2.75, 3.05) is 11.9 Å². The van der Waals surface area contributed by atoms with Gasteiger partial charge in [-0.25, -0.2) is 0 Å². The standard InChI is InChI=1S/C15H16ClNOS/c1-11(8-14-4-3-7-19-14)17(2)15-9-13(16)6-5-12(15)10-18/h3-7,9-11H,8H2,1-2H3. The maximum Gasteiger partial charge on any atom is 0.152 e. The lowest BCUT2D eigenvalue weighted by Gasteiger charge is -2.28. The largest absolute Gasteiger partial charge is 0.371 e. The number of hydrogen-bond acceptors (Lipinski definition) is 3. The topological polar surface area (TPSA) is 20.3 Å². The highest BCUT2D eigenvalue weighted by Crippen LogP contribution is 2.25. The molecule has 0 radical (unpaired) electrons. The van der Waals surface area contributed by atoms with Crippen LogP contribution in [0.1, 0.15) is 22.2 Å². The molecule has 0 spiro atoms. The Labute approximate surface area is 122 Å². The molecular weight excluding hydrogens is 278 g/mol. The lowest BCUT2D eigenvalue weighted by molar-refractivity contribution is 0.112. The van der Waals surface area contributed by atoms with E-state index in [9.17, 15) is 4.79 Å². The van der Waals surface area contributed by atoms with Crippen LogP contribution in [-0.4, -0.2) is 19.4 Å². The van der Waals surface area contributed by atoms with E-state index in [1.54, 1.807) is 23.5 Å². The van der Waals surface area contributed by atoms with Gasteiger partial charge in [-0.15, -0.1) is 11.3 Å². The van der Waals surface area contributed by atoms with Crippen LogP contribution in [0, 0.1) is 0 Å². The van der Waals surface area contributed by atoms with Crippen LogP contribution in [0.2, 0.25) is 5.02 Å². The first kappa shape index (κ1) is 14.1. The number of anilines is 1. The van der Waals surface area contributed by atoms with Crippen molar-refractivity contribution in [2.24, 2.45) is 0 Å². The van der Waals surface area contributed by atoms with Gasteiger partial charge in [-0.05, 0) is 36.6 Å². The number of carbonyl (C=O) groups excluding carboxylic acids is 1. The average Bonchev–Trinajstić information content (AvgIpc) is 2.90. The first-order valence-corrected chi connectivity index (χ1v) is 7.37. The van der Waals surface area contributed by atoms with Gasteiger partial charge in [-0.3, -0.25) is 4.79 Å². The van der Waals surface area contributed by atoms with Crippen molar-refractivity contribution in [1.29, 1.82) is 0 Å². The zero-order valence-corrected chi connectivity index (χ0v) is 12.5. The SMILES string of the molecule is CC(Cc1cccs1)N(C)c1cc(Cl)ccc1C=O. The lowest BCUT2D eigenvalue weighted by atomic mass is 10.1. The monoisotopic (exact) mass is 293 g/mol. The van der Waals surface area contributed by atoms with Gasteiger partial charge in [0.2, 0.25) is 0 Å². The van der Waals surface area contributed by atoms with Crippen LogP contribution in [0.4, 0.5) is 5.69 Å². The number of halogens is 1. The van der Waals surface area contributed by atoms with Gasteiger partial charge in [0, 0.05) is 40.7 Å². The molecule has 19 heavy (non-hydrogen) atoms. The molecule has 100 valence electrons. The summed E-state index contributed by atoms with van der Waals surface area (Å²) in [5.74, 6) is 0. The van der Waals surface area contributed by atoms with Crippen molar-refractivity contribution in [3.63, 3.8) is 0 Å². The highest BCUT2D eigenvalue weighted by atomic mass is 35.5. The predicted molar refractivity (Wildman–Crippen MR) is 82.7 cm³/mol. The Morgan fingerprint density at radius 3 is 2.84 bits per heavy atom. The second-order valence-electron chi connectivity index (χ2n) is 4.56. The Hall–Kier alpha value is -1.32. The third-order valence-corrected chi connectivity index (χ3v) is 4.37. The number of thiophene rings is 1. The van der Waals surface area contributed by atoms with E-state index in [1.165, 1.54) is 4.88 Å². The van der Waals surface area contributed by atoms with Crippen LogP contribution in [0.3, 0.4) is 0 Å². The van der Waals surface area contributed by atoms with Gasteiger partial charge in [-0.2, -0.15) is 0 Å². The Morgan fingerprint density at radius 2 is 2.21 bits per heavy atom. The highest BCUT2D eigenvalue weighted by molar-refractivity contribution is 7.09. The summed E-state index contributed by atoms with van der Waals surface area (Å²) in [7, 11) is 2.00. The maximum atomic E-state index is 11.1. The summed E-state index contributed by atoms with van der Waals surface area (Å²) in [6.07, 6.45) is 1.83. The fraction of sp³-hybridized carbons (Fsp3) is 0.267. The molecule has 1 heterocycles. The van der Waals surface area contributed by atoms with Crippen LogP contribution < -0.4 is 4.90 Å². The van der Waals surface area contributed by atoms with Gasteiger partial charge in [-0.1, -0.05) is 17.7 Å². The summed E-state index contributed by atoms with van der Waals surface area (Å²) >= 11 is 7.78. The summed E-state index contributed by atoms with van der Waals surface area (Å²) in [4.78, 5) is 14.6. The van der Waals surface area contributed by atoms with Crippen LogP contribution in [0.15, 0.2) is 35.7 Å². The molecular formula is C15H16ClNOS. The summed E-state index contributed by atoms with van der Waals surface area (Å²) in [6, 6.07) is 9.84. The van der Waals surface area contributed by atoms with Gasteiger partial charge in [0.25, 0.3) is 0 Å². The van der Waals surface area contributed by atoms with Crippen molar-refractivity contribution in [1.82, 2.24) is 0 Å². The Balaban J connectivity index is 2.20. The maximum absolute atomic E-state index is 11.1. The third-order valence-electron chi connectivity index (χ3n) is 3.24. The van der Waals surface area contributed by atoms with E-state index in [-0.39, 0.29) is 0 Å². The predicted octanol–water partition coefficient (Wildman–Crippen LogP) is 4.28. The number of benzene rings is 1. The van der Waals surface area contributed by atoms with Crippen LogP contribution in [-0.2, 0) is 6.42 Å². The second kappa shape index (κ2) is 6.22. The molecule has 0 saturated carbocycles. The fourth-order valence-corrected chi connectivity index (χ4v) is 3.01. The molecule has 0 aliphatic heterocycles. The molecule has 1 aromatic heterocycles. The summed E-state index contributed by atoms with van der Waals surface area (Å²) in [5.41, 5.74) is 1.55. The van der Waals surface area contributed by atoms with Crippen LogP contribution >= 0.6 is 22.9 Å². The molecule has 0 aliphatic rings. The van der Waals surface area contributed by atoms with Crippen molar-refractivity contribution in [3.8, 4) is 0 Å². The molecule has 0 aliphatic carbocycles. The summed E-state index contributed by atoms with van der Waals surface area (Å²) < 4.78 is 0. The number of carbonyl (C=O) groups is 1. The minimum Gasteiger partial charge on any atom is -0.371 e. The fourth-order valence-electron chi connectivity index (χ4n) is 2.02. The molecule has 4 heteroatoms. The molecule has 0 fully saturated rings. The van der Waals surface area contributed by atoms with Gasteiger partial charge in [0.05, 0.1) is 0 Å². The molecule has 0 amide bonds. The molecule has 1 aromatic carbocycles. The molecule has 1 unspecified atom stereocenters. The number of hydrogen-bond donors (Lipinski definition) is 0. The van der Waals surface area contributed by atoms with E-state index in [4.69, 9.17) is 11.6 Å². The molecule has 0 N–H and O–H groups in total. The number of rotatable bonds is 5. The smallest absolute Gasteiger partial charge is 0.152 e. The summed E-state index contributed by atoms with van der Waals surface area (Å²) in [6.45, 7) is 2.15. The van der Waals surface area contributed by atoms with E-state index < -0.39 is 0 Å². The van der Waals surface area contributed by atoms with E-state index in [0.717, 1.165) is 18.4 Å². The van der Waals surface area contributed by atoms with E-state index in [2.05, 4.69) is 29.3 Å². The van der Waals surface area contributed by atoms with E-state index in [0.29, 0.717) is 16.6 Å². The quantitative estimate of drug-likeness (QED) is 0.767. The number of likely N-dealkylation sites (N-methyl/N-ethyl adjacent to an activating group) is 1. The second-order valence-corrected chi connectivity index (χ2v) is 6.03. The Bertz CT molecular complexity index is 553. The van der Waals surface area contributed by atoms with E-state index >= 15 is 0 Å². The Morgan fingerprint density at radius 1 is 1.42 bits per heavy atom. The van der Waals surface area contributed by atoms with Gasteiger partial charge in [0.1, 0.15) is 0 Å². The zero-order chi connectivity index (χ0) is 13.8. The van der Waals surface area contributed by atoms with Crippen molar-refractivity contribution >= 4 is 34.9 Å². The van der Waals surface area contributed by atoms with Gasteiger partial charge >= 0.3 is 0 Å². The molecule has 2 aromatic rings. The average molecular weight is 294 g/mol. The third kappa shape index (κ3) is 3.37. The van der Waals surface area contributed by atoms with Crippen molar-refractivity contribution in [3.05, 3.63) is 51.2 Å². The minimum atomic E-state index is 0.302. The number of nitrogens with zero attached hydrogens (tertiary/aromatic N) is 1. The minimum absolute atomic E-state index is 0.302. The lowest BCUT2D eigenvalue weighted by Crippen LogP contribution is -2.31. The molecule has 2 nitrogen and oxygen atoms in total. The zero-order valence-electron chi connectivity index (χ0n) is 11.0. The van der Waals surface area contributed by atoms with E-state index in [1.807, 2.05) is 13.1 Å². The van der Waals surface area contributed by atoms with Crippen LogP contribution in [0.25, 0.3) is 0 Å². The first-order valence-electron chi connectivity index (χ1n) is 6.11. The van der Waals surface area contributed by atoms with Gasteiger partial charge < -0.3 is 4.90 Å². The number of aldehydes is 1. The van der Waals surface area contributed by atoms with Crippen LogP contribution in [0.5, 0.6) is 0 Å². The normalized spacial score (nSPS) is 12.2. The van der Waals surface area contributed by atoms with Gasteiger partial charge in [0.15, 0.2) is 6.29 Å². The van der Waals surface area contributed by atoms with Crippen molar-refractivity contribution < 1.29 is 4.79 Å². The molecule has 0 saturated heterocycles. The highest BCUT2D eigenvalue weighted by Gasteiger charge is 2.15. The molecule has 0 bridgehead atoms.